The number of thiophene rings is 1. The molecule has 0 saturated carbocycles. The molecule has 3 nitrogen and oxygen atoms in total. The monoisotopic (exact) mass is 800 g/mol. The van der Waals surface area contributed by atoms with Crippen LogP contribution in [-0.2, 0) is 20.1 Å². The quantitative estimate of drug-likeness (QED) is 0.177. The van der Waals surface area contributed by atoms with Crippen LogP contribution in [0.25, 0.3) is 64.9 Å². The van der Waals surface area contributed by atoms with Gasteiger partial charge in [-0.25, -0.2) is 0 Å². The Bertz CT molecular complexity index is 2310. The molecule has 2 bridgehead atoms. The minimum absolute atomic E-state index is 0. The van der Waals surface area contributed by atoms with Crippen molar-refractivity contribution in [1.82, 2.24) is 9.97 Å². The summed E-state index contributed by atoms with van der Waals surface area (Å²) in [4.78, 5) is 8.85. The average Bonchev–Trinajstić information content (AvgIpc) is 3.47. The third-order valence-corrected chi connectivity index (χ3v) is 9.62. The first-order valence-corrected chi connectivity index (χ1v) is 16.1. The maximum absolute atomic E-state index is 4.64. The summed E-state index contributed by atoms with van der Waals surface area (Å²) in [5.74, 6) is 0. The maximum Gasteiger partial charge on any atom is 0.0388 e. The Morgan fingerprint density at radius 3 is 2.15 bits per heavy atom. The van der Waals surface area contributed by atoms with Gasteiger partial charge in [-0.15, -0.1) is 71.0 Å². The van der Waals surface area contributed by atoms with Crippen molar-refractivity contribution < 1.29 is 20.1 Å². The molecule has 1 radical (unpaired) electrons. The van der Waals surface area contributed by atoms with E-state index in [9.17, 15) is 0 Å². The number of nitrogens with zero attached hydrogens (tertiary/aromatic N) is 2. The third kappa shape index (κ3) is 5.90. The summed E-state index contributed by atoms with van der Waals surface area (Å²) >= 11 is 1.86. The van der Waals surface area contributed by atoms with E-state index in [1.807, 2.05) is 60.0 Å². The molecule has 5 heteroatoms. The zero-order valence-corrected chi connectivity index (χ0v) is 29.0. The predicted octanol–water partition coefficient (Wildman–Crippen LogP) is 11.5. The second-order valence-corrected chi connectivity index (χ2v) is 12.6. The summed E-state index contributed by atoms with van der Waals surface area (Å²) in [6.07, 6.45) is 3.70. The van der Waals surface area contributed by atoms with Gasteiger partial charge in [-0.3, -0.25) is 0 Å². The minimum atomic E-state index is 0. The summed E-state index contributed by atoms with van der Waals surface area (Å²) in [6.45, 7) is 4.30. The number of rotatable bonds is 2. The molecule has 1 aliphatic heterocycles. The topological polar surface area (TPSA) is 37.8 Å². The van der Waals surface area contributed by atoms with E-state index in [-0.39, 0.29) is 20.1 Å². The number of nitrogens with one attached hydrogen (secondary N) is 1. The van der Waals surface area contributed by atoms with Crippen LogP contribution in [0.4, 0.5) is 11.4 Å². The zero-order valence-electron chi connectivity index (χ0n) is 25.8. The fraction of sp³-hybridized carbons (Fsp3) is 0.0476. The molecule has 0 spiro atoms. The second-order valence-electron chi connectivity index (χ2n) is 11.5. The van der Waals surface area contributed by atoms with Crippen LogP contribution in [0.1, 0.15) is 11.1 Å². The zero-order chi connectivity index (χ0) is 31.0. The Morgan fingerprint density at radius 1 is 0.596 bits per heavy atom. The van der Waals surface area contributed by atoms with E-state index in [2.05, 4.69) is 120 Å². The van der Waals surface area contributed by atoms with Crippen LogP contribution in [0.15, 0.2) is 134 Å². The summed E-state index contributed by atoms with van der Waals surface area (Å²) < 4.78 is 2.64. The fourth-order valence-electron chi connectivity index (χ4n) is 6.13. The van der Waals surface area contributed by atoms with Crippen molar-refractivity contribution in [3.8, 4) is 44.8 Å². The molecule has 0 unspecified atom stereocenters. The number of hydrogen-bond donors (Lipinski definition) is 1. The molecule has 1 aliphatic rings. The van der Waals surface area contributed by atoms with Crippen LogP contribution in [0.3, 0.4) is 0 Å². The van der Waals surface area contributed by atoms with Gasteiger partial charge in [0, 0.05) is 63.9 Å². The molecule has 0 fully saturated rings. The van der Waals surface area contributed by atoms with Gasteiger partial charge in [0.2, 0.25) is 0 Å². The van der Waals surface area contributed by atoms with Crippen molar-refractivity contribution in [3.63, 3.8) is 0 Å². The summed E-state index contributed by atoms with van der Waals surface area (Å²) in [5.41, 5.74) is 13.5. The van der Waals surface area contributed by atoms with Gasteiger partial charge < -0.3 is 15.3 Å². The fourth-order valence-corrected chi connectivity index (χ4v) is 7.26. The van der Waals surface area contributed by atoms with Gasteiger partial charge in [0.1, 0.15) is 0 Å². The van der Waals surface area contributed by atoms with E-state index >= 15 is 0 Å². The first kappa shape index (κ1) is 30.7. The Kier molecular flexibility index (Phi) is 8.53. The molecule has 47 heavy (non-hydrogen) atoms. The summed E-state index contributed by atoms with van der Waals surface area (Å²) in [6, 6.07) is 48.7. The summed E-state index contributed by atoms with van der Waals surface area (Å²) in [5, 5.41) is 6.38. The van der Waals surface area contributed by atoms with E-state index in [1.54, 1.807) is 6.20 Å². The third-order valence-electron chi connectivity index (χ3n) is 8.49. The Hall–Kier alpha value is -4.93. The minimum Gasteiger partial charge on any atom is -0.394 e. The second kappa shape index (κ2) is 13.1. The van der Waals surface area contributed by atoms with Crippen LogP contribution in [0.5, 0.6) is 0 Å². The number of pyridine rings is 2. The normalized spacial score (nSPS) is 11.2. The molecule has 8 aromatic rings. The maximum atomic E-state index is 4.64. The summed E-state index contributed by atoms with van der Waals surface area (Å²) in [7, 11) is 0. The predicted molar refractivity (Wildman–Crippen MR) is 194 cm³/mol. The molecule has 1 N–H and O–H groups in total. The first-order chi connectivity index (χ1) is 22.6. The van der Waals surface area contributed by atoms with Crippen molar-refractivity contribution in [2.75, 3.05) is 5.32 Å². The van der Waals surface area contributed by atoms with Gasteiger partial charge in [-0.1, -0.05) is 66.2 Å². The van der Waals surface area contributed by atoms with E-state index < -0.39 is 0 Å². The molecular formula is C42H29IrN3S-2. The van der Waals surface area contributed by atoms with Crippen LogP contribution >= 0.6 is 11.3 Å². The number of benzene rings is 5. The largest absolute Gasteiger partial charge is 0.394 e. The molecule has 0 amide bonds. The molecule has 0 atom stereocenters. The van der Waals surface area contributed by atoms with Crippen molar-refractivity contribution in [2.24, 2.45) is 0 Å². The number of aryl methyl sites for hydroxylation is 1. The molecule has 0 aliphatic carbocycles. The number of hydrogen-bond acceptors (Lipinski definition) is 4. The molecule has 4 heterocycles. The molecule has 0 saturated heterocycles. The van der Waals surface area contributed by atoms with Gasteiger partial charge in [0.15, 0.2) is 0 Å². The van der Waals surface area contributed by atoms with Crippen LogP contribution < -0.4 is 5.32 Å². The van der Waals surface area contributed by atoms with Crippen molar-refractivity contribution in [2.45, 2.75) is 13.8 Å². The van der Waals surface area contributed by atoms with Crippen LogP contribution in [-0.4, -0.2) is 9.97 Å². The van der Waals surface area contributed by atoms with Crippen LogP contribution in [0.2, 0.25) is 0 Å². The SMILES string of the molecule is Cc1ccc(-c2[c-]cc3c(c2)-c2cccc(c2C)-c2cc4sc5ccccc5c4cc2N3)nc1.[Ir].[c-]1ccccc1-c1ccccn1. The standard InChI is InChI=1S/C31H21N2S.C11H8N.Ir/c1-18-10-12-27(32-17-18)20-11-13-28-24(14-20)21-7-5-8-22(19(21)2)25-16-31-26(15-29(25)33-28)23-6-3-4-9-30(23)34-31;1-2-6-10(7-3-1)11-8-4-5-9-12-11;/h3-10,12-17,33H,1-2H3;1-6,8-9H;/q2*-1;. The van der Waals surface area contributed by atoms with Gasteiger partial charge in [0.05, 0.1) is 0 Å². The van der Waals surface area contributed by atoms with E-state index in [0.29, 0.717) is 0 Å². The van der Waals surface area contributed by atoms with Gasteiger partial charge in [-0.2, -0.15) is 0 Å². The number of fused-ring (bicyclic) bond motifs is 9. The van der Waals surface area contributed by atoms with Gasteiger partial charge >= 0.3 is 0 Å². The van der Waals surface area contributed by atoms with Crippen molar-refractivity contribution >= 4 is 42.9 Å². The van der Waals surface area contributed by atoms with E-state index in [1.165, 1.54) is 48.0 Å². The molecule has 3 aromatic heterocycles. The molecule has 5 aromatic carbocycles. The van der Waals surface area contributed by atoms with Crippen molar-refractivity contribution in [3.05, 3.63) is 157 Å². The molecule has 229 valence electrons. The van der Waals surface area contributed by atoms with Gasteiger partial charge in [0.25, 0.3) is 0 Å². The van der Waals surface area contributed by atoms with Gasteiger partial charge in [-0.05, 0) is 77.4 Å². The van der Waals surface area contributed by atoms with E-state index in [0.717, 1.165) is 39.5 Å². The Labute approximate surface area is 292 Å². The average molecular weight is 800 g/mol. The molecule has 9 rings (SSSR count). The van der Waals surface area contributed by atoms with E-state index in [4.69, 9.17) is 0 Å². The number of anilines is 2. The number of aromatic nitrogens is 2. The first-order valence-electron chi connectivity index (χ1n) is 15.3. The smallest absolute Gasteiger partial charge is 0.0388 e. The van der Waals surface area contributed by atoms with Crippen molar-refractivity contribution in [1.29, 1.82) is 0 Å². The van der Waals surface area contributed by atoms with Crippen LogP contribution in [0, 0.1) is 26.0 Å². The molecular weight excluding hydrogens is 771 g/mol. The Balaban J connectivity index is 0.000000228. The Morgan fingerprint density at radius 2 is 1.38 bits per heavy atom.